The van der Waals surface area contributed by atoms with Crippen LogP contribution in [0.25, 0.3) is 10.6 Å². The monoisotopic (exact) mass is 312 g/mol. The summed E-state index contributed by atoms with van der Waals surface area (Å²) < 4.78 is 12.9. The number of nitrogens with zero attached hydrogens (tertiary/aromatic N) is 2. The SMILES string of the molecule is CC.CCc1nc(-c2cncc(F)c2)sc1C(C)(C)S. The molecule has 0 aliphatic carbocycles. The van der Waals surface area contributed by atoms with Crippen molar-refractivity contribution in [2.24, 2.45) is 0 Å². The second-order valence-electron chi connectivity index (χ2n) is 4.60. The average Bonchev–Trinajstić information content (AvgIpc) is 2.85. The number of hydrogen-bond donors (Lipinski definition) is 1. The minimum Gasteiger partial charge on any atom is -0.261 e. The van der Waals surface area contributed by atoms with Gasteiger partial charge >= 0.3 is 0 Å². The molecule has 2 aromatic heterocycles. The van der Waals surface area contributed by atoms with Crippen LogP contribution in [-0.4, -0.2) is 9.97 Å². The van der Waals surface area contributed by atoms with Gasteiger partial charge < -0.3 is 0 Å². The molecule has 0 spiro atoms. The fraction of sp³-hybridized carbons (Fsp3) is 0.467. The number of thiazole rings is 1. The molecule has 2 heterocycles. The molecule has 0 fully saturated rings. The zero-order valence-electron chi connectivity index (χ0n) is 12.6. The van der Waals surface area contributed by atoms with Crippen molar-refractivity contribution in [1.82, 2.24) is 9.97 Å². The molecule has 2 nitrogen and oxygen atoms in total. The summed E-state index contributed by atoms with van der Waals surface area (Å²) in [4.78, 5) is 9.56. The van der Waals surface area contributed by atoms with E-state index in [0.29, 0.717) is 0 Å². The van der Waals surface area contributed by atoms with Gasteiger partial charge in [0, 0.05) is 21.4 Å². The highest BCUT2D eigenvalue weighted by Gasteiger charge is 2.23. The number of halogens is 1. The molecule has 0 atom stereocenters. The average molecular weight is 312 g/mol. The van der Waals surface area contributed by atoms with Crippen molar-refractivity contribution >= 4 is 24.0 Å². The Kier molecular flexibility index (Phi) is 6.14. The molecule has 0 radical (unpaired) electrons. The van der Waals surface area contributed by atoms with Crippen molar-refractivity contribution < 1.29 is 4.39 Å². The fourth-order valence-electron chi connectivity index (χ4n) is 1.72. The van der Waals surface area contributed by atoms with Gasteiger partial charge in [0.1, 0.15) is 10.8 Å². The molecule has 2 rings (SSSR count). The van der Waals surface area contributed by atoms with Crippen LogP contribution >= 0.6 is 24.0 Å². The Morgan fingerprint density at radius 3 is 2.40 bits per heavy atom. The van der Waals surface area contributed by atoms with E-state index in [2.05, 4.69) is 29.5 Å². The summed E-state index contributed by atoms with van der Waals surface area (Å²) in [5.41, 5.74) is 1.75. The molecule has 110 valence electrons. The lowest BCUT2D eigenvalue weighted by Crippen LogP contribution is -2.07. The van der Waals surface area contributed by atoms with Crippen molar-refractivity contribution in [2.75, 3.05) is 0 Å². The molecular weight excluding hydrogens is 291 g/mol. The van der Waals surface area contributed by atoms with E-state index in [9.17, 15) is 4.39 Å². The Labute approximate surface area is 129 Å². The van der Waals surface area contributed by atoms with Gasteiger partial charge in [-0.15, -0.1) is 11.3 Å². The lowest BCUT2D eigenvalue weighted by molar-refractivity contribution is 0.622. The van der Waals surface area contributed by atoms with Crippen molar-refractivity contribution in [3.05, 3.63) is 34.8 Å². The molecule has 0 saturated heterocycles. The first-order valence-corrected chi connectivity index (χ1v) is 8.01. The summed E-state index contributed by atoms with van der Waals surface area (Å²) in [5.74, 6) is -0.340. The van der Waals surface area contributed by atoms with Gasteiger partial charge in [-0.3, -0.25) is 4.98 Å². The van der Waals surface area contributed by atoms with Gasteiger partial charge in [-0.25, -0.2) is 9.37 Å². The molecule has 20 heavy (non-hydrogen) atoms. The van der Waals surface area contributed by atoms with Gasteiger partial charge in [0.15, 0.2) is 0 Å². The van der Waals surface area contributed by atoms with Crippen molar-refractivity contribution in [2.45, 2.75) is 45.8 Å². The van der Waals surface area contributed by atoms with E-state index in [1.807, 2.05) is 27.7 Å². The molecule has 0 unspecified atom stereocenters. The van der Waals surface area contributed by atoms with Crippen LogP contribution in [0.3, 0.4) is 0 Å². The number of rotatable bonds is 3. The summed E-state index contributed by atoms with van der Waals surface area (Å²) in [6.45, 7) is 10.1. The summed E-state index contributed by atoms with van der Waals surface area (Å²) in [6, 6.07) is 1.46. The summed E-state index contributed by atoms with van der Waals surface area (Å²) in [6.07, 6.45) is 3.68. The Hall–Kier alpha value is -0.940. The molecule has 2 aromatic rings. The highest BCUT2D eigenvalue weighted by atomic mass is 32.1. The van der Waals surface area contributed by atoms with E-state index in [1.54, 1.807) is 17.5 Å². The number of hydrogen-bond acceptors (Lipinski definition) is 4. The number of aromatic nitrogens is 2. The first-order valence-electron chi connectivity index (χ1n) is 6.75. The molecule has 0 amide bonds. The molecule has 0 aliphatic heterocycles. The third-order valence-electron chi connectivity index (χ3n) is 2.54. The smallest absolute Gasteiger partial charge is 0.142 e. The second kappa shape index (κ2) is 7.18. The van der Waals surface area contributed by atoms with Gasteiger partial charge in [-0.2, -0.15) is 12.6 Å². The van der Waals surface area contributed by atoms with Gasteiger partial charge in [-0.1, -0.05) is 20.8 Å². The van der Waals surface area contributed by atoms with Crippen LogP contribution in [0.1, 0.15) is 45.2 Å². The van der Waals surface area contributed by atoms with E-state index in [4.69, 9.17) is 0 Å². The van der Waals surface area contributed by atoms with Crippen LogP contribution in [0.4, 0.5) is 4.39 Å². The molecule has 5 heteroatoms. The first-order chi connectivity index (χ1) is 9.41. The second-order valence-corrected chi connectivity index (χ2v) is 6.72. The predicted octanol–water partition coefficient (Wildman–Crippen LogP) is 5.10. The minimum atomic E-state index is -0.340. The normalized spacial score (nSPS) is 10.9. The van der Waals surface area contributed by atoms with E-state index < -0.39 is 0 Å². The topological polar surface area (TPSA) is 25.8 Å². The maximum absolute atomic E-state index is 13.2. The van der Waals surface area contributed by atoms with Crippen molar-refractivity contribution in [1.29, 1.82) is 0 Å². The van der Waals surface area contributed by atoms with E-state index >= 15 is 0 Å². The molecular formula is C15H21FN2S2. The van der Waals surface area contributed by atoms with E-state index in [1.165, 1.54) is 12.3 Å². The van der Waals surface area contributed by atoms with Gasteiger partial charge in [0.2, 0.25) is 0 Å². The maximum Gasteiger partial charge on any atom is 0.142 e. The molecule has 0 saturated carbocycles. The van der Waals surface area contributed by atoms with Crippen LogP contribution in [0.2, 0.25) is 0 Å². The van der Waals surface area contributed by atoms with Crippen LogP contribution in [-0.2, 0) is 11.2 Å². The summed E-state index contributed by atoms with van der Waals surface area (Å²) in [5, 5.41) is 0.802. The Morgan fingerprint density at radius 1 is 1.30 bits per heavy atom. The van der Waals surface area contributed by atoms with E-state index in [-0.39, 0.29) is 10.6 Å². The zero-order valence-corrected chi connectivity index (χ0v) is 14.3. The lowest BCUT2D eigenvalue weighted by atomic mass is 10.1. The quantitative estimate of drug-likeness (QED) is 0.798. The maximum atomic E-state index is 13.2. The molecule has 0 aliphatic rings. The van der Waals surface area contributed by atoms with Gasteiger partial charge in [0.05, 0.1) is 11.9 Å². The highest BCUT2D eigenvalue weighted by Crippen LogP contribution is 2.38. The predicted molar refractivity (Wildman–Crippen MR) is 88.0 cm³/mol. The van der Waals surface area contributed by atoms with Gasteiger partial charge in [-0.05, 0) is 26.3 Å². The van der Waals surface area contributed by atoms with Crippen molar-refractivity contribution in [3.8, 4) is 10.6 Å². The summed E-state index contributed by atoms with van der Waals surface area (Å²) in [7, 11) is 0. The Bertz CT molecular complexity index is 559. The Morgan fingerprint density at radius 2 is 1.95 bits per heavy atom. The molecule has 0 aromatic carbocycles. The Balaban J connectivity index is 0.000000956. The zero-order chi connectivity index (χ0) is 15.3. The number of aryl methyl sites for hydroxylation is 1. The highest BCUT2D eigenvalue weighted by molar-refractivity contribution is 7.81. The van der Waals surface area contributed by atoms with Crippen molar-refractivity contribution in [3.63, 3.8) is 0 Å². The summed E-state index contributed by atoms with van der Waals surface area (Å²) >= 11 is 6.15. The van der Waals surface area contributed by atoms with Crippen LogP contribution in [0, 0.1) is 5.82 Å². The van der Waals surface area contributed by atoms with E-state index in [0.717, 1.165) is 27.6 Å². The van der Waals surface area contributed by atoms with Crippen LogP contribution in [0.15, 0.2) is 18.5 Å². The van der Waals surface area contributed by atoms with Crippen LogP contribution in [0.5, 0.6) is 0 Å². The fourth-order valence-corrected chi connectivity index (χ4v) is 3.12. The third kappa shape index (κ3) is 4.03. The minimum absolute atomic E-state index is 0.234. The number of thiol groups is 1. The van der Waals surface area contributed by atoms with Gasteiger partial charge in [0.25, 0.3) is 0 Å². The number of pyridine rings is 1. The third-order valence-corrected chi connectivity index (χ3v) is 4.39. The first kappa shape index (κ1) is 17.1. The van der Waals surface area contributed by atoms with Crippen LogP contribution < -0.4 is 0 Å². The molecule has 0 bridgehead atoms. The largest absolute Gasteiger partial charge is 0.261 e. The standard InChI is InChI=1S/C13H15FN2S2.C2H6/c1-4-10-11(13(2,3)17)18-12(16-10)8-5-9(14)7-15-6-8;1-2/h5-7,17H,4H2,1-3H3;1-2H3. The lowest BCUT2D eigenvalue weighted by Gasteiger charge is -2.16. The molecule has 0 N–H and O–H groups in total.